The van der Waals surface area contributed by atoms with Gasteiger partial charge in [-0.25, -0.2) is 9.78 Å². The Morgan fingerprint density at radius 2 is 2.00 bits per heavy atom. The van der Waals surface area contributed by atoms with Crippen molar-refractivity contribution in [1.82, 2.24) is 14.9 Å². The zero-order valence-electron chi connectivity index (χ0n) is 14.3. The first-order chi connectivity index (χ1) is 9.65. The van der Waals surface area contributed by atoms with E-state index in [9.17, 15) is 4.79 Å². The van der Waals surface area contributed by atoms with Crippen molar-refractivity contribution in [3.63, 3.8) is 0 Å². The van der Waals surface area contributed by atoms with E-state index in [2.05, 4.69) is 35.6 Å². The Hall–Kier alpha value is -1.52. The lowest BCUT2D eigenvalue weighted by Gasteiger charge is -2.26. The first-order valence-electron chi connectivity index (χ1n) is 7.67. The number of imidazole rings is 1. The lowest BCUT2D eigenvalue weighted by molar-refractivity contribution is 0.0505. The van der Waals surface area contributed by atoms with Crippen molar-refractivity contribution in [3.05, 3.63) is 18.2 Å². The van der Waals surface area contributed by atoms with Gasteiger partial charge in [0.25, 0.3) is 0 Å². The molecule has 1 rings (SSSR count). The van der Waals surface area contributed by atoms with Gasteiger partial charge in [0, 0.05) is 6.04 Å². The van der Waals surface area contributed by atoms with Gasteiger partial charge in [-0.15, -0.1) is 0 Å². The number of carbonyl (C=O) groups excluding carboxylic acids is 1. The van der Waals surface area contributed by atoms with E-state index >= 15 is 0 Å². The van der Waals surface area contributed by atoms with Gasteiger partial charge < -0.3 is 14.6 Å². The monoisotopic (exact) mass is 295 g/mol. The lowest BCUT2D eigenvalue weighted by atomic mass is 10.0. The van der Waals surface area contributed by atoms with Gasteiger partial charge in [0.1, 0.15) is 5.60 Å². The third kappa shape index (κ3) is 5.06. The predicted octanol–water partition coefficient (Wildman–Crippen LogP) is 4.08. The van der Waals surface area contributed by atoms with Crippen LogP contribution in [0, 0.1) is 5.92 Å². The van der Waals surface area contributed by atoms with Gasteiger partial charge in [0.2, 0.25) is 0 Å². The minimum absolute atomic E-state index is 0.143. The Morgan fingerprint density at radius 3 is 2.48 bits per heavy atom. The van der Waals surface area contributed by atoms with Gasteiger partial charge in [-0.1, -0.05) is 20.8 Å². The summed E-state index contributed by atoms with van der Waals surface area (Å²) in [7, 11) is 0. The number of alkyl carbamates (subject to hydrolysis) is 1. The summed E-state index contributed by atoms with van der Waals surface area (Å²) in [6, 6.07) is 0.237. The predicted molar refractivity (Wildman–Crippen MR) is 84.2 cm³/mol. The molecule has 5 heteroatoms. The molecule has 0 aliphatic heterocycles. The minimum Gasteiger partial charge on any atom is -0.444 e. The Balaban J connectivity index is 2.82. The molecule has 0 fully saturated rings. The highest BCUT2D eigenvalue weighted by Gasteiger charge is 2.22. The molecule has 1 heterocycles. The van der Waals surface area contributed by atoms with E-state index in [1.807, 2.05) is 40.2 Å². The zero-order valence-corrected chi connectivity index (χ0v) is 14.3. The van der Waals surface area contributed by atoms with Gasteiger partial charge in [-0.05, 0) is 40.0 Å². The average molecular weight is 295 g/mol. The Labute approximate surface area is 128 Å². The highest BCUT2D eigenvalue weighted by molar-refractivity contribution is 5.68. The van der Waals surface area contributed by atoms with Crippen molar-refractivity contribution >= 4 is 6.09 Å². The van der Waals surface area contributed by atoms with Crippen LogP contribution in [0.15, 0.2) is 12.5 Å². The summed E-state index contributed by atoms with van der Waals surface area (Å²) in [6.07, 6.45) is 4.28. The fourth-order valence-electron chi connectivity index (χ4n) is 2.47. The number of hydrogen-bond donors (Lipinski definition) is 1. The number of rotatable bonds is 5. The highest BCUT2D eigenvalue weighted by atomic mass is 16.6. The molecule has 0 aromatic carbocycles. The standard InChI is InChI=1S/C16H29N3O2/c1-8-13(11(2)3)19-10-17-9-14(19)12(4)18-15(20)21-16(5,6)7/h9-13H,8H2,1-7H3,(H,18,20). The van der Waals surface area contributed by atoms with E-state index in [0.717, 1.165) is 12.1 Å². The zero-order chi connectivity index (χ0) is 16.2. The van der Waals surface area contributed by atoms with Crippen LogP contribution >= 0.6 is 0 Å². The normalized spacial score (nSPS) is 14.9. The molecule has 1 amide bonds. The summed E-state index contributed by atoms with van der Waals surface area (Å²) in [5.41, 5.74) is 0.509. The maximum absolute atomic E-state index is 11.9. The van der Waals surface area contributed by atoms with Crippen molar-refractivity contribution < 1.29 is 9.53 Å². The van der Waals surface area contributed by atoms with E-state index in [4.69, 9.17) is 4.74 Å². The second-order valence-corrected chi connectivity index (χ2v) is 6.81. The number of nitrogens with one attached hydrogen (secondary N) is 1. The van der Waals surface area contributed by atoms with Crippen molar-refractivity contribution in [3.8, 4) is 0 Å². The molecule has 0 bridgehead atoms. The van der Waals surface area contributed by atoms with E-state index in [1.165, 1.54) is 0 Å². The molecule has 2 atom stereocenters. The number of carbonyl (C=O) groups is 1. The number of aromatic nitrogens is 2. The number of nitrogens with zero attached hydrogens (tertiary/aromatic N) is 2. The van der Waals surface area contributed by atoms with Crippen LogP contribution in [0.3, 0.4) is 0 Å². The molecule has 120 valence electrons. The summed E-state index contributed by atoms with van der Waals surface area (Å²) >= 11 is 0. The quantitative estimate of drug-likeness (QED) is 0.890. The molecule has 0 aliphatic rings. The molecule has 5 nitrogen and oxygen atoms in total. The summed E-state index contributed by atoms with van der Waals surface area (Å²) in [5, 5.41) is 2.88. The van der Waals surface area contributed by atoms with Crippen molar-refractivity contribution in [2.75, 3.05) is 0 Å². The van der Waals surface area contributed by atoms with Gasteiger partial charge in [0.15, 0.2) is 0 Å². The Kier molecular flexibility index (Phi) is 5.81. The fourth-order valence-corrected chi connectivity index (χ4v) is 2.47. The van der Waals surface area contributed by atoms with E-state index in [1.54, 1.807) is 0 Å². The summed E-state index contributed by atoms with van der Waals surface area (Å²) in [5.74, 6) is 0.511. The first-order valence-corrected chi connectivity index (χ1v) is 7.67. The third-order valence-electron chi connectivity index (χ3n) is 3.42. The Morgan fingerprint density at radius 1 is 1.38 bits per heavy atom. The van der Waals surface area contributed by atoms with Crippen LogP contribution in [0.25, 0.3) is 0 Å². The second kappa shape index (κ2) is 6.96. The van der Waals surface area contributed by atoms with Gasteiger partial charge in [0.05, 0.1) is 24.3 Å². The molecule has 1 N–H and O–H groups in total. The van der Waals surface area contributed by atoms with Crippen LogP contribution in [0.2, 0.25) is 0 Å². The SMILES string of the molecule is CCC(C(C)C)n1cncc1C(C)NC(=O)OC(C)(C)C. The van der Waals surface area contributed by atoms with Crippen molar-refractivity contribution in [1.29, 1.82) is 0 Å². The highest BCUT2D eigenvalue weighted by Crippen LogP contribution is 2.25. The van der Waals surface area contributed by atoms with Crippen LogP contribution in [0.4, 0.5) is 4.79 Å². The van der Waals surface area contributed by atoms with Gasteiger partial charge >= 0.3 is 6.09 Å². The summed E-state index contributed by atoms with van der Waals surface area (Å²) < 4.78 is 7.46. The van der Waals surface area contributed by atoms with Gasteiger partial charge in [-0.3, -0.25) is 0 Å². The smallest absolute Gasteiger partial charge is 0.408 e. The molecule has 1 aromatic heterocycles. The van der Waals surface area contributed by atoms with Gasteiger partial charge in [-0.2, -0.15) is 0 Å². The minimum atomic E-state index is -0.492. The molecule has 2 unspecified atom stereocenters. The molecular weight excluding hydrogens is 266 g/mol. The molecule has 0 spiro atoms. The average Bonchev–Trinajstić information content (AvgIpc) is 2.75. The summed E-state index contributed by atoms with van der Waals surface area (Å²) in [6.45, 7) is 14.1. The third-order valence-corrected chi connectivity index (χ3v) is 3.42. The number of ether oxygens (including phenoxy) is 1. The van der Waals surface area contributed by atoms with Crippen molar-refractivity contribution in [2.24, 2.45) is 5.92 Å². The fraction of sp³-hybridized carbons (Fsp3) is 0.750. The summed E-state index contributed by atoms with van der Waals surface area (Å²) in [4.78, 5) is 16.1. The topological polar surface area (TPSA) is 56.2 Å². The van der Waals surface area contributed by atoms with Crippen LogP contribution < -0.4 is 5.32 Å². The lowest BCUT2D eigenvalue weighted by Crippen LogP contribution is -2.35. The van der Waals surface area contributed by atoms with Crippen molar-refractivity contribution in [2.45, 2.75) is 72.6 Å². The first kappa shape index (κ1) is 17.5. The van der Waals surface area contributed by atoms with Crippen LogP contribution in [0.5, 0.6) is 0 Å². The molecule has 0 saturated carbocycles. The van der Waals surface area contributed by atoms with E-state index < -0.39 is 11.7 Å². The molecule has 21 heavy (non-hydrogen) atoms. The van der Waals surface area contributed by atoms with E-state index in [-0.39, 0.29) is 6.04 Å². The van der Waals surface area contributed by atoms with Crippen LogP contribution in [0.1, 0.15) is 72.7 Å². The largest absolute Gasteiger partial charge is 0.444 e. The molecular formula is C16H29N3O2. The van der Waals surface area contributed by atoms with Crippen LogP contribution in [-0.4, -0.2) is 21.2 Å². The number of hydrogen-bond acceptors (Lipinski definition) is 3. The number of amides is 1. The maximum atomic E-state index is 11.9. The molecule has 0 radical (unpaired) electrons. The molecule has 1 aromatic rings. The van der Waals surface area contributed by atoms with E-state index in [0.29, 0.717) is 12.0 Å². The molecule has 0 saturated heterocycles. The molecule has 0 aliphatic carbocycles. The maximum Gasteiger partial charge on any atom is 0.408 e. The second-order valence-electron chi connectivity index (χ2n) is 6.81. The van der Waals surface area contributed by atoms with Crippen LogP contribution in [-0.2, 0) is 4.74 Å². The Bertz CT molecular complexity index is 460.